The minimum Gasteiger partial charge on any atom is -0.301 e. The van der Waals surface area contributed by atoms with Gasteiger partial charge in [-0.05, 0) is 42.8 Å². The number of carbonyl (C=O) groups is 1. The molecule has 2 unspecified atom stereocenters. The van der Waals surface area contributed by atoms with Gasteiger partial charge in [0.15, 0.2) is 5.78 Å². The Morgan fingerprint density at radius 1 is 1.29 bits per heavy atom. The van der Waals surface area contributed by atoms with Crippen molar-refractivity contribution in [2.75, 3.05) is 6.61 Å². The highest BCUT2D eigenvalue weighted by Gasteiger charge is 2.42. The molecule has 1 saturated heterocycles. The second-order valence-electron chi connectivity index (χ2n) is 6.80. The van der Waals surface area contributed by atoms with Crippen molar-refractivity contribution in [2.45, 2.75) is 45.0 Å². The first-order chi connectivity index (χ1) is 11.2. The van der Waals surface area contributed by atoms with Crippen LogP contribution in [0, 0.1) is 5.92 Å². The predicted octanol–water partition coefficient (Wildman–Crippen LogP) is 5.35. The number of carbonyl (C=O) groups excluding carboxylic acids is 1. The Morgan fingerprint density at radius 2 is 1.96 bits per heavy atom. The quantitative estimate of drug-likeness (QED) is 0.500. The SMILES string of the molecule is CC(C)C(SP1(=O)OCCC(C)(C)O1)C(=O)/C=C/c1ccccc1. The highest BCUT2D eigenvalue weighted by Crippen LogP contribution is 2.67. The normalized spacial score (nSPS) is 25.0. The molecule has 1 heterocycles. The van der Waals surface area contributed by atoms with Crippen molar-refractivity contribution in [3.05, 3.63) is 42.0 Å². The third-order valence-corrected chi connectivity index (χ3v) is 8.16. The summed E-state index contributed by atoms with van der Waals surface area (Å²) in [6, 6.07) is 9.63. The van der Waals surface area contributed by atoms with Crippen molar-refractivity contribution < 1.29 is 18.4 Å². The standard InChI is InChI=1S/C18H25O4PS/c1-14(2)17(16(19)11-10-15-8-6-5-7-9-15)24-23(20)21-13-12-18(3,4)22-23/h5-11,14,17H,12-13H2,1-4H3/b11-10+. The summed E-state index contributed by atoms with van der Waals surface area (Å²) in [4.78, 5) is 12.6. The molecule has 0 aliphatic carbocycles. The maximum atomic E-state index is 12.9. The average Bonchev–Trinajstić information content (AvgIpc) is 2.50. The van der Waals surface area contributed by atoms with Crippen LogP contribution in [-0.4, -0.2) is 23.2 Å². The maximum Gasteiger partial charge on any atom is 0.390 e. The minimum absolute atomic E-state index is 0.0194. The molecule has 0 saturated carbocycles. The molecule has 2 rings (SSSR count). The Balaban J connectivity index is 2.10. The monoisotopic (exact) mass is 368 g/mol. The molecular weight excluding hydrogens is 343 g/mol. The van der Waals surface area contributed by atoms with E-state index in [4.69, 9.17) is 9.05 Å². The zero-order valence-corrected chi connectivity index (χ0v) is 16.3. The Kier molecular flexibility index (Phi) is 6.49. The van der Waals surface area contributed by atoms with Gasteiger partial charge in [-0.3, -0.25) is 9.32 Å². The van der Waals surface area contributed by atoms with E-state index in [1.807, 2.05) is 58.0 Å². The summed E-state index contributed by atoms with van der Waals surface area (Å²) >= 11 is 1.03. The molecule has 0 spiro atoms. The van der Waals surface area contributed by atoms with E-state index >= 15 is 0 Å². The van der Waals surface area contributed by atoms with E-state index in [1.165, 1.54) is 0 Å². The molecule has 1 fully saturated rings. The Bertz CT molecular complexity index is 640. The molecule has 24 heavy (non-hydrogen) atoms. The van der Waals surface area contributed by atoms with Crippen LogP contribution in [0.15, 0.2) is 36.4 Å². The molecule has 132 valence electrons. The van der Waals surface area contributed by atoms with Crippen molar-refractivity contribution in [1.29, 1.82) is 0 Å². The number of ketones is 1. The Morgan fingerprint density at radius 3 is 2.54 bits per heavy atom. The van der Waals surface area contributed by atoms with Crippen molar-refractivity contribution in [2.24, 2.45) is 5.92 Å². The summed E-state index contributed by atoms with van der Waals surface area (Å²) in [5.41, 5.74) is 0.460. The third-order valence-electron chi connectivity index (χ3n) is 3.68. The highest BCUT2D eigenvalue weighted by atomic mass is 32.7. The maximum absolute atomic E-state index is 12.9. The molecule has 1 aliphatic heterocycles. The van der Waals surface area contributed by atoms with Gasteiger partial charge in [-0.15, -0.1) is 0 Å². The summed E-state index contributed by atoms with van der Waals surface area (Å²) in [6.45, 7) is 4.71. The van der Waals surface area contributed by atoms with Gasteiger partial charge in [-0.25, -0.2) is 4.57 Å². The number of benzene rings is 1. The average molecular weight is 368 g/mol. The van der Waals surface area contributed by atoms with Gasteiger partial charge in [0.05, 0.1) is 17.5 Å². The number of rotatable bonds is 6. The van der Waals surface area contributed by atoms with Crippen LogP contribution in [0.2, 0.25) is 0 Å². The van der Waals surface area contributed by atoms with E-state index in [-0.39, 0.29) is 11.7 Å². The molecule has 0 bridgehead atoms. The molecule has 1 aromatic rings. The first kappa shape index (κ1) is 19.5. The molecule has 4 nitrogen and oxygen atoms in total. The van der Waals surface area contributed by atoms with Crippen LogP contribution in [0.25, 0.3) is 6.08 Å². The molecule has 6 heteroatoms. The van der Waals surface area contributed by atoms with Gasteiger partial charge in [0.1, 0.15) is 0 Å². The molecule has 0 radical (unpaired) electrons. The largest absolute Gasteiger partial charge is 0.390 e. The molecule has 0 amide bonds. The van der Waals surface area contributed by atoms with Crippen molar-refractivity contribution in [3.8, 4) is 0 Å². The Hall–Kier alpha value is -0.870. The van der Waals surface area contributed by atoms with Crippen LogP contribution in [0.3, 0.4) is 0 Å². The zero-order chi connectivity index (χ0) is 17.8. The van der Waals surface area contributed by atoms with Crippen LogP contribution in [0.4, 0.5) is 0 Å². The lowest BCUT2D eigenvalue weighted by molar-refractivity contribution is -0.114. The summed E-state index contributed by atoms with van der Waals surface area (Å²) < 4.78 is 24.0. The molecule has 2 atom stereocenters. The molecular formula is C18H25O4PS. The second kappa shape index (κ2) is 8.01. The van der Waals surface area contributed by atoms with Crippen LogP contribution in [-0.2, 0) is 18.4 Å². The van der Waals surface area contributed by atoms with E-state index < -0.39 is 17.6 Å². The van der Waals surface area contributed by atoms with E-state index in [1.54, 1.807) is 12.2 Å². The molecule has 0 N–H and O–H groups in total. The summed E-state index contributed by atoms with van der Waals surface area (Å²) in [7, 11) is 0. The van der Waals surface area contributed by atoms with Gasteiger partial charge in [0.2, 0.25) is 0 Å². The molecule has 1 aromatic carbocycles. The molecule has 0 aromatic heterocycles. The van der Waals surface area contributed by atoms with Crippen LogP contribution in [0.5, 0.6) is 0 Å². The first-order valence-electron chi connectivity index (χ1n) is 8.11. The second-order valence-corrected chi connectivity index (χ2v) is 10.8. The Labute approximate surface area is 148 Å². The third kappa shape index (κ3) is 5.59. The molecule has 1 aliphatic rings. The fourth-order valence-electron chi connectivity index (χ4n) is 2.31. The van der Waals surface area contributed by atoms with Gasteiger partial charge < -0.3 is 4.52 Å². The fourth-order valence-corrected chi connectivity index (χ4v) is 7.20. The van der Waals surface area contributed by atoms with E-state index in [0.29, 0.717) is 13.0 Å². The van der Waals surface area contributed by atoms with Gasteiger partial charge in [-0.2, -0.15) is 0 Å². The highest BCUT2D eigenvalue weighted by molar-refractivity contribution is 8.55. The predicted molar refractivity (Wildman–Crippen MR) is 100 cm³/mol. The summed E-state index contributed by atoms with van der Waals surface area (Å²) in [5.74, 6) is -0.0596. The van der Waals surface area contributed by atoms with Gasteiger partial charge in [-0.1, -0.05) is 50.3 Å². The zero-order valence-electron chi connectivity index (χ0n) is 14.6. The van der Waals surface area contributed by atoms with Gasteiger partial charge in [0.25, 0.3) is 0 Å². The fraction of sp³-hybridized carbons (Fsp3) is 0.500. The van der Waals surface area contributed by atoms with E-state index in [0.717, 1.165) is 16.9 Å². The lowest BCUT2D eigenvalue weighted by Gasteiger charge is -2.36. The number of hydrogen-bond acceptors (Lipinski definition) is 5. The minimum atomic E-state index is -3.33. The number of allylic oxidation sites excluding steroid dienone is 1. The first-order valence-corrected chi connectivity index (χ1v) is 11.1. The smallest absolute Gasteiger partial charge is 0.301 e. The van der Waals surface area contributed by atoms with Crippen molar-refractivity contribution in [3.63, 3.8) is 0 Å². The van der Waals surface area contributed by atoms with E-state index in [9.17, 15) is 9.36 Å². The van der Waals surface area contributed by atoms with Gasteiger partial charge >= 0.3 is 6.80 Å². The lowest BCUT2D eigenvalue weighted by atomic mass is 10.1. The van der Waals surface area contributed by atoms with Crippen LogP contribution < -0.4 is 0 Å². The summed E-state index contributed by atoms with van der Waals surface area (Å²) in [6.07, 6.45) is 4.01. The summed E-state index contributed by atoms with van der Waals surface area (Å²) in [5, 5.41) is -0.468. The van der Waals surface area contributed by atoms with Crippen LogP contribution >= 0.6 is 18.2 Å². The van der Waals surface area contributed by atoms with Crippen molar-refractivity contribution >= 4 is 30.0 Å². The lowest BCUT2D eigenvalue weighted by Crippen LogP contribution is -2.30. The number of hydrogen-bond donors (Lipinski definition) is 0. The van der Waals surface area contributed by atoms with Crippen LogP contribution in [0.1, 0.15) is 39.7 Å². The van der Waals surface area contributed by atoms with Gasteiger partial charge in [0, 0.05) is 6.42 Å². The van der Waals surface area contributed by atoms with Crippen molar-refractivity contribution in [1.82, 2.24) is 0 Å². The topological polar surface area (TPSA) is 52.6 Å². The van der Waals surface area contributed by atoms with E-state index in [2.05, 4.69) is 0 Å².